The van der Waals surface area contributed by atoms with Gasteiger partial charge in [-0.3, -0.25) is 4.98 Å². The number of nitrogens with zero attached hydrogens (tertiary/aromatic N) is 1. The zero-order valence-electron chi connectivity index (χ0n) is 6.86. The summed E-state index contributed by atoms with van der Waals surface area (Å²) in [5.41, 5.74) is 1.66. The van der Waals surface area contributed by atoms with Crippen LogP contribution in [0.4, 0.5) is 0 Å². The molecule has 4 heteroatoms. The van der Waals surface area contributed by atoms with Crippen LogP contribution in [0.2, 0.25) is 0 Å². The third kappa shape index (κ3) is 1.72. The van der Waals surface area contributed by atoms with Gasteiger partial charge in [-0.1, -0.05) is 12.6 Å². The summed E-state index contributed by atoms with van der Waals surface area (Å²) in [6.45, 7) is 5.46. The van der Waals surface area contributed by atoms with Crippen LogP contribution in [-0.4, -0.2) is 22.2 Å². The van der Waals surface area contributed by atoms with Gasteiger partial charge in [0.25, 0.3) is 0 Å². The summed E-state index contributed by atoms with van der Waals surface area (Å²) >= 11 is 0. The topological polar surface area (TPSA) is 53.4 Å². The van der Waals surface area contributed by atoms with E-state index < -0.39 is 7.12 Å². The number of hydrogen-bond acceptors (Lipinski definition) is 3. The second-order valence-electron chi connectivity index (χ2n) is 2.60. The van der Waals surface area contributed by atoms with Crippen LogP contribution < -0.4 is 5.46 Å². The summed E-state index contributed by atoms with van der Waals surface area (Å²) in [4.78, 5) is 3.98. The first kappa shape index (κ1) is 8.97. The number of hydrogen-bond donors (Lipinski definition) is 2. The average molecular weight is 163 g/mol. The van der Waals surface area contributed by atoms with Crippen LogP contribution in [0.5, 0.6) is 0 Å². The Hall–Kier alpha value is -1.13. The van der Waals surface area contributed by atoms with Gasteiger partial charge in [0.1, 0.15) is 0 Å². The largest absolute Gasteiger partial charge is 0.490 e. The maximum absolute atomic E-state index is 8.93. The van der Waals surface area contributed by atoms with Gasteiger partial charge in [0.05, 0.1) is 5.69 Å². The predicted octanol–water partition coefficient (Wildman–Crippen LogP) is -0.206. The highest BCUT2D eigenvalue weighted by molar-refractivity contribution is 6.59. The predicted molar refractivity (Wildman–Crippen MR) is 48.8 cm³/mol. The van der Waals surface area contributed by atoms with Crippen molar-refractivity contribution in [3.05, 3.63) is 30.6 Å². The van der Waals surface area contributed by atoms with E-state index in [-0.39, 0.29) is 0 Å². The minimum Gasteiger partial charge on any atom is -0.423 e. The molecule has 0 aromatic carbocycles. The molecular formula is C8H10BNO2. The molecule has 1 rings (SSSR count). The molecule has 0 unspecified atom stereocenters. The van der Waals surface area contributed by atoms with E-state index >= 15 is 0 Å². The monoisotopic (exact) mass is 163 g/mol. The molecular weight excluding hydrogens is 153 g/mol. The summed E-state index contributed by atoms with van der Waals surface area (Å²) in [6, 6.07) is 3.27. The first-order chi connectivity index (χ1) is 5.63. The van der Waals surface area contributed by atoms with Crippen LogP contribution in [-0.2, 0) is 0 Å². The van der Waals surface area contributed by atoms with Gasteiger partial charge in [0, 0.05) is 11.7 Å². The normalized spacial score (nSPS) is 9.58. The minimum absolute atomic E-state index is 0.394. The summed E-state index contributed by atoms with van der Waals surface area (Å²) < 4.78 is 0. The number of pyridine rings is 1. The fourth-order valence-electron chi connectivity index (χ4n) is 0.983. The van der Waals surface area contributed by atoms with Crippen LogP contribution in [0.25, 0.3) is 5.57 Å². The van der Waals surface area contributed by atoms with Crippen molar-refractivity contribution >= 4 is 18.2 Å². The van der Waals surface area contributed by atoms with Gasteiger partial charge in [0.2, 0.25) is 0 Å². The minimum atomic E-state index is -1.48. The molecule has 12 heavy (non-hydrogen) atoms. The molecule has 0 aliphatic rings. The van der Waals surface area contributed by atoms with Crippen molar-refractivity contribution in [2.75, 3.05) is 0 Å². The van der Waals surface area contributed by atoms with Crippen molar-refractivity contribution in [2.24, 2.45) is 0 Å². The van der Waals surface area contributed by atoms with Crippen LogP contribution in [0.1, 0.15) is 12.6 Å². The van der Waals surface area contributed by atoms with Gasteiger partial charge >= 0.3 is 7.12 Å². The Morgan fingerprint density at radius 1 is 1.58 bits per heavy atom. The molecule has 2 N–H and O–H groups in total. The third-order valence-electron chi connectivity index (χ3n) is 1.52. The van der Waals surface area contributed by atoms with Crippen molar-refractivity contribution in [3.8, 4) is 0 Å². The molecule has 1 heterocycles. The first-order valence-corrected chi connectivity index (χ1v) is 3.60. The van der Waals surface area contributed by atoms with E-state index in [1.54, 1.807) is 25.3 Å². The SMILES string of the molecule is C=C(C)c1ncccc1B(O)O. The van der Waals surface area contributed by atoms with Crippen LogP contribution in [0.3, 0.4) is 0 Å². The Kier molecular flexibility index (Phi) is 2.63. The molecule has 0 saturated heterocycles. The van der Waals surface area contributed by atoms with E-state index in [0.717, 1.165) is 5.57 Å². The summed E-state index contributed by atoms with van der Waals surface area (Å²) in [5.74, 6) is 0. The molecule has 0 aliphatic heterocycles. The van der Waals surface area contributed by atoms with Gasteiger partial charge in [-0.25, -0.2) is 0 Å². The highest BCUT2D eigenvalue weighted by Gasteiger charge is 2.16. The Labute approximate surface area is 71.5 Å². The molecule has 0 saturated carbocycles. The summed E-state index contributed by atoms with van der Waals surface area (Å²) in [6.07, 6.45) is 1.59. The fraction of sp³-hybridized carbons (Fsp3) is 0.125. The van der Waals surface area contributed by atoms with E-state index in [0.29, 0.717) is 11.2 Å². The highest BCUT2D eigenvalue weighted by Crippen LogP contribution is 2.04. The summed E-state index contributed by atoms with van der Waals surface area (Å²) in [5, 5.41) is 17.9. The van der Waals surface area contributed by atoms with Crippen LogP contribution in [0, 0.1) is 0 Å². The molecule has 0 amide bonds. The molecule has 0 bridgehead atoms. The standard InChI is InChI=1S/C8H10BNO2/c1-6(2)8-7(9(11)12)4-3-5-10-8/h3-5,11-12H,1H2,2H3. The lowest BCUT2D eigenvalue weighted by atomic mass is 9.78. The third-order valence-corrected chi connectivity index (χ3v) is 1.52. The van der Waals surface area contributed by atoms with Crippen molar-refractivity contribution in [1.29, 1.82) is 0 Å². The summed E-state index contributed by atoms with van der Waals surface area (Å²) in [7, 11) is -1.48. The average Bonchev–Trinajstić information content (AvgIpc) is 2.04. The van der Waals surface area contributed by atoms with E-state index in [1.165, 1.54) is 0 Å². The Morgan fingerprint density at radius 2 is 2.25 bits per heavy atom. The van der Waals surface area contributed by atoms with Crippen molar-refractivity contribution in [2.45, 2.75) is 6.92 Å². The van der Waals surface area contributed by atoms with E-state index in [2.05, 4.69) is 11.6 Å². The number of allylic oxidation sites excluding steroid dienone is 1. The van der Waals surface area contributed by atoms with E-state index in [4.69, 9.17) is 10.0 Å². The second kappa shape index (κ2) is 3.52. The number of aromatic nitrogens is 1. The van der Waals surface area contributed by atoms with Gasteiger partial charge in [-0.2, -0.15) is 0 Å². The van der Waals surface area contributed by atoms with Crippen LogP contribution >= 0.6 is 0 Å². The lowest BCUT2D eigenvalue weighted by molar-refractivity contribution is 0.425. The molecule has 0 fully saturated rings. The van der Waals surface area contributed by atoms with Gasteiger partial charge in [0.15, 0.2) is 0 Å². The van der Waals surface area contributed by atoms with E-state index in [1.807, 2.05) is 0 Å². The molecule has 0 atom stereocenters. The Balaban J connectivity index is 3.17. The van der Waals surface area contributed by atoms with Crippen molar-refractivity contribution in [3.63, 3.8) is 0 Å². The zero-order chi connectivity index (χ0) is 9.14. The zero-order valence-corrected chi connectivity index (χ0v) is 6.86. The lowest BCUT2D eigenvalue weighted by Crippen LogP contribution is -2.33. The molecule has 0 aliphatic carbocycles. The van der Waals surface area contributed by atoms with Gasteiger partial charge in [-0.15, -0.1) is 0 Å². The highest BCUT2D eigenvalue weighted by atomic mass is 16.4. The fourth-order valence-corrected chi connectivity index (χ4v) is 0.983. The first-order valence-electron chi connectivity index (χ1n) is 3.60. The second-order valence-corrected chi connectivity index (χ2v) is 2.60. The maximum atomic E-state index is 8.93. The van der Waals surface area contributed by atoms with Crippen LogP contribution in [0.15, 0.2) is 24.9 Å². The molecule has 1 aromatic rings. The van der Waals surface area contributed by atoms with E-state index in [9.17, 15) is 0 Å². The van der Waals surface area contributed by atoms with Crippen molar-refractivity contribution < 1.29 is 10.0 Å². The Morgan fingerprint density at radius 3 is 2.67 bits per heavy atom. The molecule has 0 spiro atoms. The molecule has 3 nitrogen and oxygen atoms in total. The molecule has 0 radical (unpaired) electrons. The number of rotatable bonds is 2. The maximum Gasteiger partial charge on any atom is 0.490 e. The van der Waals surface area contributed by atoms with Crippen molar-refractivity contribution in [1.82, 2.24) is 4.98 Å². The van der Waals surface area contributed by atoms with Gasteiger partial charge < -0.3 is 10.0 Å². The van der Waals surface area contributed by atoms with Gasteiger partial charge in [-0.05, 0) is 18.6 Å². The smallest absolute Gasteiger partial charge is 0.423 e. The Bertz CT molecular complexity index is 299. The molecule has 1 aromatic heterocycles. The molecule has 62 valence electrons. The quantitative estimate of drug-likeness (QED) is 0.593. The lowest BCUT2D eigenvalue weighted by Gasteiger charge is -2.05.